The molecule has 1 aliphatic rings. The summed E-state index contributed by atoms with van der Waals surface area (Å²) in [5, 5.41) is 12.4. The van der Waals surface area contributed by atoms with Crippen molar-refractivity contribution in [3.05, 3.63) is 35.4 Å². The lowest BCUT2D eigenvalue weighted by Crippen LogP contribution is -2.36. The number of amides is 2. The molecule has 2 atom stereocenters. The number of rotatable bonds is 6. The first-order chi connectivity index (χ1) is 10.6. The fourth-order valence-electron chi connectivity index (χ4n) is 2.76. The van der Waals surface area contributed by atoms with E-state index in [9.17, 15) is 14.7 Å². The molecule has 120 valence electrons. The first-order valence-corrected chi connectivity index (χ1v) is 7.86. The Morgan fingerprint density at radius 3 is 2.55 bits per heavy atom. The third kappa shape index (κ3) is 3.65. The first kappa shape index (κ1) is 16.5. The van der Waals surface area contributed by atoms with E-state index in [0.29, 0.717) is 13.1 Å². The maximum absolute atomic E-state index is 12.3. The zero-order valence-corrected chi connectivity index (χ0v) is 13.2. The van der Waals surface area contributed by atoms with Crippen LogP contribution in [0.1, 0.15) is 37.4 Å². The molecule has 1 aromatic carbocycles. The van der Waals surface area contributed by atoms with E-state index in [1.807, 2.05) is 31.2 Å². The van der Waals surface area contributed by atoms with Crippen LogP contribution in [-0.4, -0.2) is 41.5 Å². The number of aliphatic hydroxyl groups is 1. The van der Waals surface area contributed by atoms with Gasteiger partial charge >= 0.3 is 0 Å². The van der Waals surface area contributed by atoms with Crippen LogP contribution in [0, 0.1) is 5.92 Å². The second kappa shape index (κ2) is 7.40. The zero-order chi connectivity index (χ0) is 16.1. The summed E-state index contributed by atoms with van der Waals surface area (Å²) in [6, 6.07) is 7.43. The molecular weight excluding hydrogens is 280 g/mol. The van der Waals surface area contributed by atoms with E-state index in [-0.39, 0.29) is 30.8 Å². The average molecular weight is 304 g/mol. The molecule has 1 fully saturated rings. The molecule has 5 nitrogen and oxygen atoms in total. The van der Waals surface area contributed by atoms with E-state index in [2.05, 4.69) is 12.2 Å². The van der Waals surface area contributed by atoms with Gasteiger partial charge in [-0.3, -0.25) is 9.59 Å². The predicted octanol–water partition coefficient (Wildman–Crippen LogP) is 1.27. The SMILES string of the molecule is CCc1ccc(C(CO)NC(=O)C2CC(=O)N(CC)C2)cc1. The second-order valence-electron chi connectivity index (χ2n) is 5.67. The van der Waals surface area contributed by atoms with Gasteiger partial charge in [-0.2, -0.15) is 0 Å². The lowest BCUT2D eigenvalue weighted by molar-refractivity contribution is -0.129. The molecule has 0 bridgehead atoms. The van der Waals surface area contributed by atoms with E-state index in [0.717, 1.165) is 12.0 Å². The van der Waals surface area contributed by atoms with Gasteiger partial charge < -0.3 is 15.3 Å². The maximum Gasteiger partial charge on any atom is 0.225 e. The molecule has 2 N–H and O–H groups in total. The fraction of sp³-hybridized carbons (Fsp3) is 0.529. The summed E-state index contributed by atoms with van der Waals surface area (Å²) >= 11 is 0. The van der Waals surface area contributed by atoms with Crippen LogP contribution < -0.4 is 5.32 Å². The van der Waals surface area contributed by atoms with E-state index >= 15 is 0 Å². The van der Waals surface area contributed by atoms with Crippen LogP contribution >= 0.6 is 0 Å². The molecule has 0 radical (unpaired) electrons. The summed E-state index contributed by atoms with van der Waals surface area (Å²) < 4.78 is 0. The van der Waals surface area contributed by atoms with E-state index in [4.69, 9.17) is 0 Å². The minimum atomic E-state index is -0.427. The third-order valence-electron chi connectivity index (χ3n) is 4.26. The van der Waals surface area contributed by atoms with Crippen molar-refractivity contribution >= 4 is 11.8 Å². The maximum atomic E-state index is 12.3. The molecule has 2 unspecified atom stereocenters. The molecule has 1 heterocycles. The van der Waals surface area contributed by atoms with Crippen molar-refractivity contribution in [3.8, 4) is 0 Å². The number of carbonyl (C=O) groups excluding carboxylic acids is 2. The van der Waals surface area contributed by atoms with E-state index < -0.39 is 6.04 Å². The molecule has 2 rings (SSSR count). The second-order valence-corrected chi connectivity index (χ2v) is 5.67. The molecule has 5 heteroatoms. The molecule has 22 heavy (non-hydrogen) atoms. The average Bonchev–Trinajstić information content (AvgIpc) is 2.93. The molecule has 0 aromatic heterocycles. The highest BCUT2D eigenvalue weighted by atomic mass is 16.3. The number of benzene rings is 1. The van der Waals surface area contributed by atoms with Crippen molar-refractivity contribution in [3.63, 3.8) is 0 Å². The van der Waals surface area contributed by atoms with Gasteiger partial charge in [0.25, 0.3) is 0 Å². The lowest BCUT2D eigenvalue weighted by atomic mass is 10.0. The predicted molar refractivity (Wildman–Crippen MR) is 84.2 cm³/mol. The van der Waals surface area contributed by atoms with Crippen molar-refractivity contribution in [1.29, 1.82) is 0 Å². The minimum absolute atomic E-state index is 0.0236. The topological polar surface area (TPSA) is 69.6 Å². The Hall–Kier alpha value is -1.88. The highest BCUT2D eigenvalue weighted by Gasteiger charge is 2.34. The number of nitrogens with zero attached hydrogens (tertiary/aromatic N) is 1. The molecule has 0 aliphatic carbocycles. The van der Waals surface area contributed by atoms with Gasteiger partial charge in [0, 0.05) is 19.5 Å². The Bertz CT molecular complexity index is 527. The zero-order valence-electron chi connectivity index (χ0n) is 13.2. The highest BCUT2D eigenvalue weighted by Crippen LogP contribution is 2.20. The molecular formula is C17H24N2O3. The van der Waals surface area contributed by atoms with E-state index in [1.54, 1.807) is 4.90 Å². The molecule has 0 spiro atoms. The molecule has 1 saturated heterocycles. The number of aliphatic hydroxyl groups excluding tert-OH is 1. The van der Waals surface area contributed by atoms with Gasteiger partial charge in [-0.1, -0.05) is 31.2 Å². The summed E-state index contributed by atoms with van der Waals surface area (Å²) in [5.74, 6) is -0.463. The molecule has 0 saturated carbocycles. The summed E-state index contributed by atoms with van der Waals surface area (Å²) in [6.07, 6.45) is 1.21. The number of hydrogen-bond acceptors (Lipinski definition) is 3. The van der Waals surface area contributed by atoms with Crippen molar-refractivity contribution in [2.24, 2.45) is 5.92 Å². The summed E-state index contributed by atoms with van der Waals surface area (Å²) in [5.41, 5.74) is 2.09. The highest BCUT2D eigenvalue weighted by molar-refractivity contribution is 5.89. The Labute approximate surface area is 131 Å². The smallest absolute Gasteiger partial charge is 0.225 e. The summed E-state index contributed by atoms with van der Waals surface area (Å²) in [7, 11) is 0. The quantitative estimate of drug-likeness (QED) is 0.831. The Kier molecular flexibility index (Phi) is 5.55. The summed E-state index contributed by atoms with van der Waals surface area (Å²) in [4.78, 5) is 25.7. The van der Waals surface area contributed by atoms with Crippen LogP contribution in [0.2, 0.25) is 0 Å². The van der Waals surface area contributed by atoms with Crippen molar-refractivity contribution in [1.82, 2.24) is 10.2 Å². The van der Waals surface area contributed by atoms with Crippen LogP contribution in [-0.2, 0) is 16.0 Å². The number of hydrogen-bond donors (Lipinski definition) is 2. The summed E-state index contributed by atoms with van der Waals surface area (Å²) in [6.45, 7) is 4.93. The van der Waals surface area contributed by atoms with Gasteiger partial charge in [-0.05, 0) is 24.5 Å². The van der Waals surface area contributed by atoms with Gasteiger partial charge in [0.2, 0.25) is 11.8 Å². The number of likely N-dealkylation sites (tertiary alicyclic amines) is 1. The largest absolute Gasteiger partial charge is 0.394 e. The Morgan fingerprint density at radius 2 is 2.05 bits per heavy atom. The van der Waals surface area contributed by atoms with Gasteiger partial charge in [-0.15, -0.1) is 0 Å². The van der Waals surface area contributed by atoms with Crippen LogP contribution in [0.15, 0.2) is 24.3 Å². The minimum Gasteiger partial charge on any atom is -0.394 e. The van der Waals surface area contributed by atoms with Crippen LogP contribution in [0.5, 0.6) is 0 Å². The van der Waals surface area contributed by atoms with Gasteiger partial charge in [0.05, 0.1) is 18.6 Å². The number of carbonyl (C=O) groups is 2. The normalized spacial score (nSPS) is 19.3. The van der Waals surface area contributed by atoms with Gasteiger partial charge in [0.1, 0.15) is 0 Å². The van der Waals surface area contributed by atoms with Gasteiger partial charge in [-0.25, -0.2) is 0 Å². The first-order valence-electron chi connectivity index (χ1n) is 7.86. The van der Waals surface area contributed by atoms with Crippen LogP contribution in [0.25, 0.3) is 0 Å². The van der Waals surface area contributed by atoms with Crippen LogP contribution in [0.4, 0.5) is 0 Å². The Morgan fingerprint density at radius 1 is 1.36 bits per heavy atom. The van der Waals surface area contributed by atoms with Crippen molar-refractivity contribution < 1.29 is 14.7 Å². The number of aryl methyl sites for hydroxylation is 1. The Balaban J connectivity index is 2.00. The van der Waals surface area contributed by atoms with Gasteiger partial charge in [0.15, 0.2) is 0 Å². The lowest BCUT2D eigenvalue weighted by Gasteiger charge is -2.20. The molecule has 1 aromatic rings. The number of nitrogens with one attached hydrogen (secondary N) is 1. The van der Waals surface area contributed by atoms with Crippen molar-refractivity contribution in [2.45, 2.75) is 32.7 Å². The van der Waals surface area contributed by atoms with E-state index in [1.165, 1.54) is 5.56 Å². The monoisotopic (exact) mass is 304 g/mol. The third-order valence-corrected chi connectivity index (χ3v) is 4.26. The fourth-order valence-corrected chi connectivity index (χ4v) is 2.76. The van der Waals surface area contributed by atoms with Crippen molar-refractivity contribution in [2.75, 3.05) is 19.7 Å². The standard InChI is InChI=1S/C17H24N2O3/c1-3-12-5-7-13(8-6-12)15(11-20)18-17(22)14-9-16(21)19(4-2)10-14/h5-8,14-15,20H,3-4,9-11H2,1-2H3,(H,18,22). The van der Waals surface area contributed by atoms with Crippen LogP contribution in [0.3, 0.4) is 0 Å². The molecule has 1 aliphatic heterocycles. The molecule has 2 amide bonds.